The van der Waals surface area contributed by atoms with Crippen molar-refractivity contribution in [3.05, 3.63) is 11.1 Å². The van der Waals surface area contributed by atoms with Crippen molar-refractivity contribution in [2.45, 2.75) is 126 Å². The lowest BCUT2D eigenvalue weighted by Gasteiger charge is -2.54. The van der Waals surface area contributed by atoms with Crippen LogP contribution in [0.4, 0.5) is 0 Å². The number of esters is 4. The molecule has 9 atom stereocenters. The molecule has 17 heteroatoms. The Morgan fingerprint density at radius 1 is 0.750 bits per heavy atom. The van der Waals surface area contributed by atoms with Gasteiger partial charge in [-0.05, 0) is 62.9 Å². The molecule has 60 heavy (non-hydrogen) atoms. The van der Waals surface area contributed by atoms with Gasteiger partial charge in [0.1, 0.15) is 31.5 Å². The summed E-state index contributed by atoms with van der Waals surface area (Å²) in [6.45, 7) is 8.88. The van der Waals surface area contributed by atoms with Crippen LogP contribution < -0.4 is 0 Å². The summed E-state index contributed by atoms with van der Waals surface area (Å²) in [6.07, 6.45) is 7.97. The summed E-state index contributed by atoms with van der Waals surface area (Å²) >= 11 is 0. The molecule has 7 aliphatic rings. The van der Waals surface area contributed by atoms with E-state index in [2.05, 4.69) is 13.8 Å². The van der Waals surface area contributed by atoms with E-state index in [0.29, 0.717) is 78.9 Å². The second kappa shape index (κ2) is 21.6. The Hall–Kier alpha value is -1.96. The molecule has 338 valence electrons. The lowest BCUT2D eigenvalue weighted by Crippen LogP contribution is -2.66. The van der Waals surface area contributed by atoms with Crippen molar-refractivity contribution < 1.29 is 71.3 Å². The quantitative estimate of drug-likeness (QED) is 0.0339. The van der Waals surface area contributed by atoms with E-state index in [-0.39, 0.29) is 74.1 Å². The number of fused-ring (bicyclic) bond motifs is 2. The fraction of sp³-hybridized carbons (Fsp3) is 0.860. The monoisotopic (exact) mass is 884 g/mol. The smallest absolute Gasteiger partial charge is 0.334 e. The second-order valence-electron chi connectivity index (χ2n) is 16.9. The van der Waals surface area contributed by atoms with Crippen molar-refractivity contribution in [2.75, 3.05) is 91.6 Å². The highest BCUT2D eigenvalue weighted by molar-refractivity contribution is 8.77. The molecule has 0 aromatic rings. The van der Waals surface area contributed by atoms with Crippen LogP contribution in [0.15, 0.2) is 11.1 Å². The molecule has 0 aromatic heterocycles. The van der Waals surface area contributed by atoms with E-state index < -0.39 is 29.2 Å². The summed E-state index contributed by atoms with van der Waals surface area (Å²) in [4.78, 5) is 49.9. The highest BCUT2D eigenvalue weighted by Crippen LogP contribution is 2.79. The van der Waals surface area contributed by atoms with Gasteiger partial charge >= 0.3 is 23.9 Å². The Morgan fingerprint density at radius 2 is 1.37 bits per heavy atom. The van der Waals surface area contributed by atoms with Crippen LogP contribution in [0.5, 0.6) is 0 Å². The summed E-state index contributed by atoms with van der Waals surface area (Å²) in [5.74, 6) is 0.182. The largest absolute Gasteiger partial charge is 0.463 e. The van der Waals surface area contributed by atoms with E-state index in [1.54, 1.807) is 0 Å². The number of epoxide rings is 2. The minimum absolute atomic E-state index is 0.0311. The lowest BCUT2D eigenvalue weighted by molar-refractivity contribution is -0.168. The molecule has 2 saturated carbocycles. The lowest BCUT2D eigenvalue weighted by atomic mass is 9.47. The Balaban J connectivity index is 0.655. The van der Waals surface area contributed by atoms with E-state index in [1.165, 1.54) is 18.6 Å². The predicted molar refractivity (Wildman–Crippen MR) is 219 cm³/mol. The van der Waals surface area contributed by atoms with Gasteiger partial charge in [0.15, 0.2) is 5.60 Å². The van der Waals surface area contributed by atoms with Crippen LogP contribution in [0.1, 0.15) is 90.9 Å². The van der Waals surface area contributed by atoms with Crippen molar-refractivity contribution in [1.29, 1.82) is 0 Å². The summed E-state index contributed by atoms with van der Waals surface area (Å²) < 4.78 is 62.9. The first kappa shape index (κ1) is 46.0. The molecule has 3 aliphatic carbocycles. The van der Waals surface area contributed by atoms with Gasteiger partial charge in [0.25, 0.3) is 0 Å². The van der Waals surface area contributed by atoms with E-state index >= 15 is 0 Å². The van der Waals surface area contributed by atoms with Crippen LogP contribution >= 0.6 is 21.6 Å². The standard InChI is InChI=1S/C43H64O15S2/c1-3-29-26-35-43(58-35)41(2)12-10-31-32(28-55-40(31)47)33(41)27-34-42(43,57-34)39(29)56-38(46)9-8-37(45)54-24-22-52-20-18-50-16-14-48-13-15-49-17-19-51-21-23-53-36(44)7-5-4-6-30-11-25-59-60-30/h29-30,33-35,39H,3-28H2,1-2H3. The highest BCUT2D eigenvalue weighted by Gasteiger charge is 2.93. The van der Waals surface area contributed by atoms with Gasteiger partial charge in [-0.2, -0.15) is 0 Å². The maximum atomic E-state index is 13.2. The summed E-state index contributed by atoms with van der Waals surface area (Å²) in [5, 5.41) is 0.749. The number of rotatable bonds is 28. The van der Waals surface area contributed by atoms with Crippen molar-refractivity contribution in [1.82, 2.24) is 0 Å². The number of hydrogen-bond donors (Lipinski definition) is 0. The molecule has 2 spiro atoms. The first-order chi connectivity index (χ1) is 29.2. The van der Waals surface area contributed by atoms with Gasteiger partial charge in [-0.3, -0.25) is 14.4 Å². The number of cyclic esters (lactones) is 1. The van der Waals surface area contributed by atoms with Crippen molar-refractivity contribution in [2.24, 2.45) is 17.3 Å². The zero-order valence-corrected chi connectivity index (χ0v) is 36.9. The molecule has 0 aromatic carbocycles. The molecule has 5 fully saturated rings. The number of hydrogen-bond acceptors (Lipinski definition) is 17. The first-order valence-corrected chi connectivity index (χ1v) is 24.5. The average molecular weight is 885 g/mol. The molecule has 4 aliphatic heterocycles. The minimum Gasteiger partial charge on any atom is -0.463 e. The molecule has 7 rings (SSSR count). The molecular formula is C43H64O15S2. The Kier molecular flexibility index (Phi) is 16.6. The summed E-state index contributed by atoms with van der Waals surface area (Å²) in [6, 6.07) is 0. The normalized spacial score (nSPS) is 33.2. The average Bonchev–Trinajstić information content (AvgIpc) is 4.04. The molecule has 4 heterocycles. The number of carbonyl (C=O) groups excluding carboxylic acids is 4. The van der Waals surface area contributed by atoms with Crippen LogP contribution in [0.25, 0.3) is 0 Å². The molecule has 0 N–H and O–H groups in total. The topological polar surface area (TPSA) is 176 Å². The fourth-order valence-electron chi connectivity index (χ4n) is 10.4. The van der Waals surface area contributed by atoms with E-state index in [9.17, 15) is 19.2 Å². The Bertz CT molecular complexity index is 1520. The van der Waals surface area contributed by atoms with Crippen LogP contribution in [0.3, 0.4) is 0 Å². The molecule has 0 radical (unpaired) electrons. The van der Waals surface area contributed by atoms with Crippen LogP contribution in [0, 0.1) is 17.3 Å². The predicted octanol–water partition coefficient (Wildman–Crippen LogP) is 4.94. The Morgan fingerprint density at radius 3 is 1.98 bits per heavy atom. The maximum Gasteiger partial charge on any atom is 0.334 e. The van der Waals surface area contributed by atoms with Gasteiger partial charge in [0.2, 0.25) is 0 Å². The van der Waals surface area contributed by atoms with Crippen LogP contribution in [-0.4, -0.2) is 150 Å². The minimum atomic E-state index is -0.701. The van der Waals surface area contributed by atoms with Gasteiger partial charge in [0.05, 0.1) is 91.1 Å². The number of unbranched alkanes of at least 4 members (excludes halogenated alkanes) is 1. The van der Waals surface area contributed by atoms with Crippen LogP contribution in [0.2, 0.25) is 0 Å². The van der Waals surface area contributed by atoms with Gasteiger partial charge in [-0.1, -0.05) is 41.9 Å². The number of ether oxygens (including phenoxy) is 11. The van der Waals surface area contributed by atoms with Gasteiger partial charge < -0.3 is 52.1 Å². The van der Waals surface area contributed by atoms with Crippen LogP contribution in [-0.2, 0) is 71.3 Å². The van der Waals surface area contributed by atoms with E-state index in [4.69, 9.17) is 52.1 Å². The first-order valence-electron chi connectivity index (χ1n) is 22.2. The molecule has 0 amide bonds. The van der Waals surface area contributed by atoms with Crippen molar-refractivity contribution in [3.63, 3.8) is 0 Å². The molecule has 0 bridgehead atoms. The molecule has 9 unspecified atom stereocenters. The van der Waals surface area contributed by atoms with Crippen molar-refractivity contribution in [3.8, 4) is 0 Å². The van der Waals surface area contributed by atoms with Gasteiger partial charge in [0, 0.05) is 34.3 Å². The third-order valence-corrected chi connectivity index (χ3v) is 16.5. The molecule has 3 saturated heterocycles. The third kappa shape index (κ3) is 10.4. The zero-order valence-electron chi connectivity index (χ0n) is 35.3. The van der Waals surface area contributed by atoms with Gasteiger partial charge in [-0.25, -0.2) is 4.79 Å². The highest BCUT2D eigenvalue weighted by atomic mass is 33.1. The van der Waals surface area contributed by atoms with Gasteiger partial charge in [-0.15, -0.1) is 0 Å². The SMILES string of the molecule is CCC1CC2OC23C2(C)CCC4=C(COC4=O)C2CC2OC23C1OC(=O)CCC(=O)OCCOCCOCCOCCOCCOCCOC(=O)CCCCC1CCSS1. The number of carbonyl (C=O) groups is 4. The fourth-order valence-corrected chi connectivity index (χ4v) is 13.4. The third-order valence-electron chi connectivity index (χ3n) is 13.5. The maximum absolute atomic E-state index is 13.2. The van der Waals surface area contributed by atoms with E-state index in [0.717, 1.165) is 54.9 Å². The summed E-state index contributed by atoms with van der Waals surface area (Å²) in [7, 11) is 3.92. The second-order valence-corrected chi connectivity index (χ2v) is 19.7. The van der Waals surface area contributed by atoms with Crippen molar-refractivity contribution >= 4 is 45.5 Å². The molecular weight excluding hydrogens is 821 g/mol. The zero-order chi connectivity index (χ0) is 42.0. The summed E-state index contributed by atoms with van der Waals surface area (Å²) in [5.41, 5.74) is 0.413. The Labute approximate surface area is 361 Å². The molecule has 15 nitrogen and oxygen atoms in total. The van der Waals surface area contributed by atoms with E-state index in [1.807, 2.05) is 21.6 Å².